The van der Waals surface area contributed by atoms with E-state index in [2.05, 4.69) is 10.6 Å². The molecular formula is C14H26N2O3. The number of nitrogens with one attached hydrogen (secondary N) is 2. The Morgan fingerprint density at radius 2 is 1.95 bits per heavy atom. The zero-order chi connectivity index (χ0) is 14.6. The van der Waals surface area contributed by atoms with Crippen LogP contribution in [0.3, 0.4) is 0 Å². The molecule has 0 bridgehead atoms. The highest BCUT2D eigenvalue weighted by atomic mass is 16.4. The molecule has 110 valence electrons. The van der Waals surface area contributed by atoms with Crippen molar-refractivity contribution in [3.05, 3.63) is 0 Å². The number of hydrogen-bond acceptors (Lipinski definition) is 2. The number of carbonyl (C=O) groups is 2. The van der Waals surface area contributed by atoms with E-state index >= 15 is 0 Å². The van der Waals surface area contributed by atoms with Crippen LogP contribution in [0.1, 0.15) is 53.4 Å². The molecular weight excluding hydrogens is 244 g/mol. The highest BCUT2D eigenvalue weighted by Crippen LogP contribution is 2.32. The first-order valence-electron chi connectivity index (χ1n) is 7.09. The van der Waals surface area contributed by atoms with E-state index < -0.39 is 11.5 Å². The van der Waals surface area contributed by atoms with Crippen molar-refractivity contribution in [2.75, 3.05) is 0 Å². The molecule has 5 nitrogen and oxygen atoms in total. The van der Waals surface area contributed by atoms with E-state index in [1.54, 1.807) is 0 Å². The normalized spacial score (nSPS) is 28.8. The van der Waals surface area contributed by atoms with Crippen LogP contribution < -0.4 is 10.6 Å². The van der Waals surface area contributed by atoms with E-state index in [-0.39, 0.29) is 12.1 Å². The third-order valence-electron chi connectivity index (χ3n) is 4.12. The highest BCUT2D eigenvalue weighted by molar-refractivity contribution is 5.86. The number of hydrogen-bond donors (Lipinski definition) is 3. The summed E-state index contributed by atoms with van der Waals surface area (Å²) in [7, 11) is 0. The lowest BCUT2D eigenvalue weighted by Gasteiger charge is -2.37. The molecule has 1 saturated carbocycles. The number of urea groups is 1. The molecule has 3 N–H and O–H groups in total. The van der Waals surface area contributed by atoms with Gasteiger partial charge < -0.3 is 15.7 Å². The number of carbonyl (C=O) groups excluding carboxylic acids is 1. The van der Waals surface area contributed by atoms with Gasteiger partial charge in [0.1, 0.15) is 5.54 Å². The van der Waals surface area contributed by atoms with Crippen molar-refractivity contribution >= 4 is 12.0 Å². The second kappa shape index (κ2) is 6.26. The lowest BCUT2D eigenvalue weighted by Crippen LogP contribution is -2.60. The SMILES string of the molecule is CC1CCCC(NC(=O)NC(C)C(C)C)(C(=O)O)C1. The maximum absolute atomic E-state index is 12.0. The number of rotatable bonds is 4. The highest BCUT2D eigenvalue weighted by Gasteiger charge is 2.43. The minimum Gasteiger partial charge on any atom is -0.480 e. The number of aliphatic carboxylic acids is 1. The average molecular weight is 270 g/mol. The predicted octanol–water partition coefficient (Wildman–Crippen LogP) is 2.36. The molecule has 2 amide bonds. The second-order valence-electron chi connectivity index (χ2n) is 6.22. The quantitative estimate of drug-likeness (QED) is 0.733. The molecule has 0 aliphatic heterocycles. The van der Waals surface area contributed by atoms with Crippen LogP contribution in [0.25, 0.3) is 0 Å². The van der Waals surface area contributed by atoms with E-state index in [1.165, 1.54) is 0 Å². The molecule has 3 unspecified atom stereocenters. The van der Waals surface area contributed by atoms with Gasteiger partial charge in [0.25, 0.3) is 0 Å². The van der Waals surface area contributed by atoms with Crippen molar-refractivity contribution in [1.29, 1.82) is 0 Å². The Morgan fingerprint density at radius 1 is 1.32 bits per heavy atom. The number of carboxylic acid groups (broad SMARTS) is 1. The molecule has 19 heavy (non-hydrogen) atoms. The summed E-state index contributed by atoms with van der Waals surface area (Å²) in [6.07, 6.45) is 2.89. The minimum atomic E-state index is -1.10. The fraction of sp³-hybridized carbons (Fsp3) is 0.857. The van der Waals surface area contributed by atoms with E-state index in [4.69, 9.17) is 0 Å². The van der Waals surface area contributed by atoms with Gasteiger partial charge in [-0.25, -0.2) is 9.59 Å². The molecule has 0 radical (unpaired) electrons. The zero-order valence-corrected chi connectivity index (χ0v) is 12.3. The smallest absolute Gasteiger partial charge is 0.329 e. The van der Waals surface area contributed by atoms with Crippen LogP contribution in [-0.4, -0.2) is 28.7 Å². The maximum Gasteiger partial charge on any atom is 0.329 e. The molecule has 0 spiro atoms. The fourth-order valence-corrected chi connectivity index (χ4v) is 2.54. The summed E-state index contributed by atoms with van der Waals surface area (Å²) < 4.78 is 0. The van der Waals surface area contributed by atoms with Gasteiger partial charge in [-0.3, -0.25) is 0 Å². The zero-order valence-electron chi connectivity index (χ0n) is 12.3. The molecule has 1 aliphatic carbocycles. The molecule has 3 atom stereocenters. The molecule has 0 aromatic heterocycles. The number of carboxylic acids is 1. The van der Waals surface area contributed by atoms with Crippen LogP contribution in [-0.2, 0) is 4.79 Å². The molecule has 0 aromatic rings. The van der Waals surface area contributed by atoms with Gasteiger partial charge >= 0.3 is 12.0 Å². The van der Waals surface area contributed by atoms with Crippen LogP contribution in [0, 0.1) is 11.8 Å². The second-order valence-corrected chi connectivity index (χ2v) is 6.22. The fourth-order valence-electron chi connectivity index (χ4n) is 2.54. The van der Waals surface area contributed by atoms with Gasteiger partial charge in [0.05, 0.1) is 0 Å². The standard InChI is InChI=1S/C14H26N2O3/c1-9(2)11(4)15-13(19)16-14(12(17)18)7-5-6-10(3)8-14/h9-11H,5-8H2,1-4H3,(H,17,18)(H2,15,16,19). The van der Waals surface area contributed by atoms with Gasteiger partial charge in [0.15, 0.2) is 0 Å². The molecule has 0 heterocycles. The van der Waals surface area contributed by atoms with Crippen molar-refractivity contribution < 1.29 is 14.7 Å². The Kier molecular flexibility index (Phi) is 5.20. The van der Waals surface area contributed by atoms with Crippen molar-refractivity contribution in [1.82, 2.24) is 10.6 Å². The first-order chi connectivity index (χ1) is 8.77. The van der Waals surface area contributed by atoms with Gasteiger partial charge in [-0.15, -0.1) is 0 Å². The first kappa shape index (κ1) is 15.8. The lowest BCUT2D eigenvalue weighted by atomic mass is 9.76. The van der Waals surface area contributed by atoms with Crippen LogP contribution in [0.2, 0.25) is 0 Å². The summed E-state index contributed by atoms with van der Waals surface area (Å²) in [4.78, 5) is 23.5. The van der Waals surface area contributed by atoms with Crippen LogP contribution >= 0.6 is 0 Å². The summed E-state index contributed by atoms with van der Waals surface area (Å²) in [5, 5.41) is 15.0. The van der Waals surface area contributed by atoms with Gasteiger partial charge in [0.2, 0.25) is 0 Å². The Labute approximate surface area is 115 Å². The number of amides is 2. The van der Waals surface area contributed by atoms with E-state index in [0.29, 0.717) is 24.7 Å². The van der Waals surface area contributed by atoms with Crippen molar-refractivity contribution in [3.63, 3.8) is 0 Å². The van der Waals surface area contributed by atoms with Crippen LogP contribution in [0.4, 0.5) is 4.79 Å². The molecule has 5 heteroatoms. The summed E-state index contributed by atoms with van der Waals surface area (Å²) >= 11 is 0. The maximum atomic E-state index is 12.0. The largest absolute Gasteiger partial charge is 0.480 e. The Morgan fingerprint density at radius 3 is 2.42 bits per heavy atom. The van der Waals surface area contributed by atoms with Gasteiger partial charge in [-0.1, -0.05) is 33.6 Å². The van der Waals surface area contributed by atoms with Crippen LogP contribution in [0.15, 0.2) is 0 Å². The van der Waals surface area contributed by atoms with E-state index in [9.17, 15) is 14.7 Å². The molecule has 0 aromatic carbocycles. The van der Waals surface area contributed by atoms with E-state index in [0.717, 1.165) is 12.8 Å². The van der Waals surface area contributed by atoms with Crippen molar-refractivity contribution in [2.24, 2.45) is 11.8 Å². The molecule has 1 rings (SSSR count). The summed E-state index contributed by atoms with van der Waals surface area (Å²) in [5.41, 5.74) is -1.10. The molecule has 1 aliphatic rings. The Hall–Kier alpha value is -1.26. The summed E-state index contributed by atoms with van der Waals surface area (Å²) in [5.74, 6) is -0.282. The predicted molar refractivity (Wildman–Crippen MR) is 74.0 cm³/mol. The molecule has 1 fully saturated rings. The first-order valence-corrected chi connectivity index (χ1v) is 7.09. The van der Waals surface area contributed by atoms with Crippen LogP contribution in [0.5, 0.6) is 0 Å². The topological polar surface area (TPSA) is 78.4 Å². The van der Waals surface area contributed by atoms with Gasteiger partial charge in [-0.2, -0.15) is 0 Å². The van der Waals surface area contributed by atoms with Crippen molar-refractivity contribution in [3.8, 4) is 0 Å². The van der Waals surface area contributed by atoms with E-state index in [1.807, 2.05) is 27.7 Å². The average Bonchev–Trinajstić information content (AvgIpc) is 2.28. The van der Waals surface area contributed by atoms with Crippen molar-refractivity contribution in [2.45, 2.75) is 65.0 Å². The summed E-state index contributed by atoms with van der Waals surface area (Å²) in [6.45, 7) is 7.98. The lowest BCUT2D eigenvalue weighted by molar-refractivity contribution is -0.146. The van der Waals surface area contributed by atoms with Gasteiger partial charge in [-0.05, 0) is 31.6 Å². The monoisotopic (exact) mass is 270 g/mol. The third-order valence-corrected chi connectivity index (χ3v) is 4.12. The minimum absolute atomic E-state index is 0.0202. The summed E-state index contributed by atoms with van der Waals surface area (Å²) in [6, 6.07) is -0.357. The third kappa shape index (κ3) is 4.11. The Bertz CT molecular complexity index is 344. The Balaban J connectivity index is 2.68. The van der Waals surface area contributed by atoms with Gasteiger partial charge in [0, 0.05) is 6.04 Å². The molecule has 0 saturated heterocycles.